The third-order valence-corrected chi connectivity index (χ3v) is 4.20. The van der Waals surface area contributed by atoms with Crippen molar-refractivity contribution in [1.29, 1.82) is 0 Å². The molecule has 0 saturated heterocycles. The lowest BCUT2D eigenvalue weighted by molar-refractivity contribution is 0.171. The van der Waals surface area contributed by atoms with Gasteiger partial charge in [-0.25, -0.2) is 0 Å². The molecule has 0 unspecified atom stereocenters. The van der Waals surface area contributed by atoms with Gasteiger partial charge in [0.1, 0.15) is 13.2 Å². The molecule has 0 saturated carbocycles. The molecule has 1 aliphatic heterocycles. The molecule has 4 heteroatoms. The van der Waals surface area contributed by atoms with Gasteiger partial charge in [-0.1, -0.05) is 18.2 Å². The Labute approximate surface area is 123 Å². The standard InChI is InChI=1S/C16H17NO2S/c17-14-4-2-1-3-12(14)7-10-20-13-5-6-15-16(11-13)19-9-8-18-15/h1-6,11H,7-10,17H2. The molecule has 104 valence electrons. The molecular weight excluding hydrogens is 270 g/mol. The fourth-order valence-corrected chi connectivity index (χ4v) is 3.07. The molecule has 2 aromatic carbocycles. The van der Waals surface area contributed by atoms with Gasteiger partial charge in [-0.2, -0.15) is 0 Å². The summed E-state index contributed by atoms with van der Waals surface area (Å²) in [5.74, 6) is 2.68. The lowest BCUT2D eigenvalue weighted by atomic mass is 10.1. The van der Waals surface area contributed by atoms with E-state index in [4.69, 9.17) is 15.2 Å². The lowest BCUT2D eigenvalue weighted by Gasteiger charge is -2.18. The third kappa shape index (κ3) is 3.02. The van der Waals surface area contributed by atoms with Gasteiger partial charge in [0.15, 0.2) is 11.5 Å². The molecule has 20 heavy (non-hydrogen) atoms. The number of thioether (sulfide) groups is 1. The number of rotatable bonds is 4. The molecule has 1 heterocycles. The molecule has 3 rings (SSSR count). The smallest absolute Gasteiger partial charge is 0.162 e. The monoisotopic (exact) mass is 287 g/mol. The van der Waals surface area contributed by atoms with Gasteiger partial charge in [0.25, 0.3) is 0 Å². The first-order chi connectivity index (χ1) is 9.83. The highest BCUT2D eigenvalue weighted by molar-refractivity contribution is 7.99. The highest BCUT2D eigenvalue weighted by Gasteiger charge is 2.11. The van der Waals surface area contributed by atoms with Crippen molar-refractivity contribution in [2.45, 2.75) is 11.3 Å². The van der Waals surface area contributed by atoms with Gasteiger partial charge in [0.2, 0.25) is 0 Å². The Balaban J connectivity index is 1.60. The second kappa shape index (κ2) is 6.09. The van der Waals surface area contributed by atoms with Crippen LogP contribution in [0, 0.1) is 0 Å². The van der Waals surface area contributed by atoms with E-state index in [9.17, 15) is 0 Å². The van der Waals surface area contributed by atoms with Gasteiger partial charge in [-0.15, -0.1) is 11.8 Å². The maximum atomic E-state index is 5.95. The minimum Gasteiger partial charge on any atom is -0.486 e. The van der Waals surface area contributed by atoms with Crippen LogP contribution in [-0.4, -0.2) is 19.0 Å². The first-order valence-electron chi connectivity index (χ1n) is 6.69. The van der Waals surface area contributed by atoms with Crippen molar-refractivity contribution in [3.8, 4) is 11.5 Å². The number of fused-ring (bicyclic) bond motifs is 1. The van der Waals surface area contributed by atoms with Crippen LogP contribution in [0.2, 0.25) is 0 Å². The normalized spacial score (nSPS) is 13.2. The van der Waals surface area contributed by atoms with Crippen molar-refractivity contribution in [2.75, 3.05) is 24.7 Å². The van der Waals surface area contributed by atoms with Crippen LogP contribution in [0.25, 0.3) is 0 Å². The molecule has 2 N–H and O–H groups in total. The van der Waals surface area contributed by atoms with Crippen molar-refractivity contribution >= 4 is 17.4 Å². The Morgan fingerprint density at radius 1 is 1.00 bits per heavy atom. The lowest BCUT2D eigenvalue weighted by Crippen LogP contribution is -2.15. The van der Waals surface area contributed by atoms with E-state index in [1.165, 1.54) is 10.5 Å². The Morgan fingerprint density at radius 3 is 2.65 bits per heavy atom. The van der Waals surface area contributed by atoms with E-state index in [2.05, 4.69) is 12.1 Å². The zero-order chi connectivity index (χ0) is 13.8. The number of aryl methyl sites for hydroxylation is 1. The van der Waals surface area contributed by atoms with Crippen molar-refractivity contribution in [1.82, 2.24) is 0 Å². The number of ether oxygens (including phenoxy) is 2. The summed E-state index contributed by atoms with van der Waals surface area (Å²) in [5.41, 5.74) is 8.02. The van der Waals surface area contributed by atoms with Crippen LogP contribution in [0.5, 0.6) is 11.5 Å². The fraction of sp³-hybridized carbons (Fsp3) is 0.250. The average molecular weight is 287 g/mol. The number of hydrogen-bond donors (Lipinski definition) is 1. The summed E-state index contributed by atoms with van der Waals surface area (Å²) in [7, 11) is 0. The molecule has 0 atom stereocenters. The fourth-order valence-electron chi connectivity index (χ4n) is 2.15. The summed E-state index contributed by atoms with van der Waals surface area (Å²) < 4.78 is 11.1. The number of nitrogen functional groups attached to an aromatic ring is 1. The van der Waals surface area contributed by atoms with Crippen molar-refractivity contribution in [3.63, 3.8) is 0 Å². The van der Waals surface area contributed by atoms with Crippen molar-refractivity contribution in [3.05, 3.63) is 48.0 Å². The van der Waals surface area contributed by atoms with Crippen molar-refractivity contribution < 1.29 is 9.47 Å². The molecule has 0 spiro atoms. The Kier molecular flexibility index (Phi) is 4.02. The SMILES string of the molecule is Nc1ccccc1CCSc1ccc2c(c1)OCCO2. The van der Waals surface area contributed by atoms with Crippen molar-refractivity contribution in [2.24, 2.45) is 0 Å². The predicted octanol–water partition coefficient (Wildman–Crippen LogP) is 3.37. The van der Waals surface area contributed by atoms with Gasteiger partial charge in [0, 0.05) is 16.3 Å². The zero-order valence-corrected chi connectivity index (χ0v) is 12.0. The number of benzene rings is 2. The molecule has 0 bridgehead atoms. The van der Waals surface area contributed by atoms with E-state index in [1.807, 2.05) is 30.3 Å². The van der Waals surface area contributed by atoms with E-state index in [1.54, 1.807) is 11.8 Å². The van der Waals surface area contributed by atoms with E-state index >= 15 is 0 Å². The van der Waals surface area contributed by atoms with Crippen LogP contribution in [0.1, 0.15) is 5.56 Å². The maximum absolute atomic E-state index is 5.95. The Hall–Kier alpha value is -1.81. The summed E-state index contributed by atoms with van der Waals surface area (Å²) in [5, 5.41) is 0. The van der Waals surface area contributed by atoms with Gasteiger partial charge in [-0.3, -0.25) is 0 Å². The largest absolute Gasteiger partial charge is 0.486 e. The van der Waals surface area contributed by atoms with Crippen LogP contribution in [0.3, 0.4) is 0 Å². The van der Waals surface area contributed by atoms with Gasteiger partial charge >= 0.3 is 0 Å². The minimum absolute atomic E-state index is 0.627. The predicted molar refractivity (Wildman–Crippen MR) is 82.7 cm³/mol. The molecule has 0 radical (unpaired) electrons. The highest BCUT2D eigenvalue weighted by Crippen LogP contribution is 2.34. The second-order valence-electron chi connectivity index (χ2n) is 4.60. The Bertz CT molecular complexity index is 601. The Morgan fingerprint density at radius 2 is 1.80 bits per heavy atom. The summed E-state index contributed by atoms with van der Waals surface area (Å²) >= 11 is 1.81. The number of para-hydroxylation sites is 1. The van der Waals surface area contributed by atoms with E-state index in [0.717, 1.165) is 29.4 Å². The van der Waals surface area contributed by atoms with Gasteiger partial charge in [-0.05, 0) is 36.2 Å². The van der Waals surface area contributed by atoms with Crippen LogP contribution in [0.15, 0.2) is 47.4 Å². The third-order valence-electron chi connectivity index (χ3n) is 3.21. The molecule has 0 aliphatic carbocycles. The summed E-state index contributed by atoms with van der Waals surface area (Å²) in [6.07, 6.45) is 0.964. The summed E-state index contributed by atoms with van der Waals surface area (Å²) in [6, 6.07) is 14.1. The van der Waals surface area contributed by atoms with Crippen LogP contribution < -0.4 is 15.2 Å². The number of nitrogens with two attached hydrogens (primary N) is 1. The zero-order valence-electron chi connectivity index (χ0n) is 11.2. The highest BCUT2D eigenvalue weighted by atomic mass is 32.2. The van der Waals surface area contributed by atoms with Crippen LogP contribution >= 0.6 is 11.8 Å². The first-order valence-corrected chi connectivity index (χ1v) is 7.67. The molecule has 0 amide bonds. The van der Waals surface area contributed by atoms with Gasteiger partial charge in [0.05, 0.1) is 0 Å². The summed E-state index contributed by atoms with van der Waals surface area (Å²) in [4.78, 5) is 1.20. The number of hydrogen-bond acceptors (Lipinski definition) is 4. The van der Waals surface area contributed by atoms with E-state index in [0.29, 0.717) is 13.2 Å². The summed E-state index contributed by atoms with van der Waals surface area (Å²) in [6.45, 7) is 1.26. The molecule has 2 aromatic rings. The molecule has 3 nitrogen and oxygen atoms in total. The quantitative estimate of drug-likeness (QED) is 0.691. The maximum Gasteiger partial charge on any atom is 0.162 e. The molecule has 0 fully saturated rings. The molecule has 0 aromatic heterocycles. The van der Waals surface area contributed by atoms with Crippen LogP contribution in [0.4, 0.5) is 5.69 Å². The number of anilines is 1. The second-order valence-corrected chi connectivity index (χ2v) is 5.77. The minimum atomic E-state index is 0.627. The molecular formula is C16H17NO2S. The first kappa shape index (κ1) is 13.2. The van der Waals surface area contributed by atoms with Crippen LogP contribution in [-0.2, 0) is 6.42 Å². The van der Waals surface area contributed by atoms with E-state index < -0.39 is 0 Å². The average Bonchev–Trinajstić information content (AvgIpc) is 2.49. The van der Waals surface area contributed by atoms with E-state index in [-0.39, 0.29) is 0 Å². The topological polar surface area (TPSA) is 44.5 Å². The molecule has 1 aliphatic rings. The van der Waals surface area contributed by atoms with Gasteiger partial charge < -0.3 is 15.2 Å².